The second-order valence-corrected chi connectivity index (χ2v) is 19.5. The molecular weight excluding hydrogens is 905 g/mol. The molecule has 0 atom stereocenters. The number of hydrogen-bond acceptors (Lipinski definition) is 2. The Balaban J connectivity index is 0.825. The third kappa shape index (κ3) is 8.00. The fourth-order valence-electron chi connectivity index (χ4n) is 12.0. The Bertz CT molecular complexity index is 3810. The minimum atomic E-state index is -0.458. The highest BCUT2D eigenvalue weighted by molar-refractivity contribution is 6.00. The third-order valence-corrected chi connectivity index (χ3v) is 15.4. The third-order valence-electron chi connectivity index (χ3n) is 15.4. The van der Waals surface area contributed by atoms with Gasteiger partial charge in [-0.05, 0) is 175 Å². The van der Waals surface area contributed by atoms with Gasteiger partial charge in [0, 0.05) is 34.1 Å². The van der Waals surface area contributed by atoms with Crippen molar-refractivity contribution in [3.05, 3.63) is 331 Å². The number of rotatable bonds is 12. The van der Waals surface area contributed by atoms with E-state index in [1.807, 2.05) is 6.08 Å². The van der Waals surface area contributed by atoms with Crippen LogP contribution in [0, 0.1) is 0 Å². The number of fused-ring (bicyclic) bond motifs is 7. The molecule has 2 heteroatoms. The van der Waals surface area contributed by atoms with Crippen molar-refractivity contribution in [1.29, 1.82) is 0 Å². The maximum Gasteiger partial charge on any atom is 0.0720 e. The van der Waals surface area contributed by atoms with E-state index in [0.29, 0.717) is 0 Å². The van der Waals surface area contributed by atoms with Gasteiger partial charge in [0.25, 0.3) is 0 Å². The molecular formula is C73H54N2. The Morgan fingerprint density at radius 3 is 1.40 bits per heavy atom. The van der Waals surface area contributed by atoms with Crippen molar-refractivity contribution in [2.75, 3.05) is 9.80 Å². The molecule has 0 radical (unpaired) electrons. The maximum absolute atomic E-state index is 4.04. The number of benzene rings is 10. The molecule has 0 heterocycles. The summed E-state index contributed by atoms with van der Waals surface area (Å²) in [5.41, 5.74) is 25.2. The van der Waals surface area contributed by atoms with E-state index < -0.39 is 5.41 Å². The van der Waals surface area contributed by atoms with Crippen LogP contribution in [-0.4, -0.2) is 0 Å². The van der Waals surface area contributed by atoms with Crippen molar-refractivity contribution in [2.45, 2.75) is 18.3 Å². The fourth-order valence-corrected chi connectivity index (χ4v) is 12.0. The summed E-state index contributed by atoms with van der Waals surface area (Å²) in [5, 5.41) is 0. The molecule has 356 valence electrons. The lowest BCUT2D eigenvalue weighted by atomic mass is 9.69. The molecule has 0 N–H and O–H groups in total. The molecule has 10 aromatic carbocycles. The quantitative estimate of drug-likeness (QED) is 0.113. The average Bonchev–Trinajstić information content (AvgIpc) is 4.03. The van der Waals surface area contributed by atoms with Gasteiger partial charge >= 0.3 is 0 Å². The summed E-state index contributed by atoms with van der Waals surface area (Å²) in [7, 11) is 0. The van der Waals surface area contributed by atoms with E-state index in [1.165, 1.54) is 72.4 Å². The molecule has 75 heavy (non-hydrogen) atoms. The van der Waals surface area contributed by atoms with Crippen LogP contribution in [0.25, 0.3) is 50.6 Å². The van der Waals surface area contributed by atoms with Crippen molar-refractivity contribution in [3.8, 4) is 33.4 Å². The summed E-state index contributed by atoms with van der Waals surface area (Å²) in [6.07, 6.45) is 15.2. The van der Waals surface area contributed by atoms with E-state index in [-0.39, 0.29) is 0 Å². The minimum Gasteiger partial charge on any atom is -0.311 e. The zero-order valence-corrected chi connectivity index (χ0v) is 41.7. The second-order valence-electron chi connectivity index (χ2n) is 19.5. The zero-order valence-electron chi connectivity index (χ0n) is 41.7. The van der Waals surface area contributed by atoms with Crippen LogP contribution in [0.5, 0.6) is 0 Å². The maximum atomic E-state index is 4.04. The molecule has 10 aromatic rings. The van der Waals surface area contributed by atoms with E-state index in [9.17, 15) is 0 Å². The minimum absolute atomic E-state index is 0.458. The first-order valence-corrected chi connectivity index (χ1v) is 26.1. The molecule has 3 aliphatic rings. The van der Waals surface area contributed by atoms with Gasteiger partial charge in [0.15, 0.2) is 0 Å². The Kier molecular flexibility index (Phi) is 11.8. The Morgan fingerprint density at radius 2 is 0.840 bits per heavy atom. The number of para-hydroxylation sites is 2. The normalized spacial score (nSPS) is 13.8. The van der Waals surface area contributed by atoms with Gasteiger partial charge in [-0.25, -0.2) is 0 Å². The van der Waals surface area contributed by atoms with Gasteiger partial charge in [0.1, 0.15) is 0 Å². The second kappa shape index (κ2) is 19.5. The van der Waals surface area contributed by atoms with Gasteiger partial charge in [-0.2, -0.15) is 0 Å². The predicted molar refractivity (Wildman–Crippen MR) is 317 cm³/mol. The van der Waals surface area contributed by atoms with Gasteiger partial charge in [-0.15, -0.1) is 0 Å². The van der Waals surface area contributed by atoms with Gasteiger partial charge < -0.3 is 9.80 Å². The Hall–Kier alpha value is -9.50. The average molecular weight is 959 g/mol. The van der Waals surface area contributed by atoms with Crippen LogP contribution in [0.1, 0.15) is 46.2 Å². The molecule has 0 aliphatic heterocycles. The topological polar surface area (TPSA) is 6.48 Å². The Labute approximate surface area is 441 Å². The lowest BCUT2D eigenvalue weighted by Crippen LogP contribution is -2.27. The van der Waals surface area contributed by atoms with Crippen LogP contribution in [0.3, 0.4) is 0 Å². The van der Waals surface area contributed by atoms with E-state index >= 15 is 0 Å². The summed E-state index contributed by atoms with van der Waals surface area (Å²) < 4.78 is 0. The van der Waals surface area contributed by atoms with Crippen LogP contribution < -0.4 is 9.80 Å². The predicted octanol–water partition coefficient (Wildman–Crippen LogP) is 19.7. The van der Waals surface area contributed by atoms with Crippen LogP contribution in [0.15, 0.2) is 297 Å². The molecule has 0 aromatic heterocycles. The highest BCUT2D eigenvalue weighted by Gasteiger charge is 2.50. The van der Waals surface area contributed by atoms with E-state index in [4.69, 9.17) is 0 Å². The fraction of sp³-hybridized carbons (Fsp3) is 0.0411. The largest absolute Gasteiger partial charge is 0.311 e. The highest BCUT2D eigenvalue weighted by atomic mass is 15.1. The first-order chi connectivity index (χ1) is 37.2. The number of hydrogen-bond donors (Lipinski definition) is 0. The molecule has 0 fully saturated rings. The molecule has 13 rings (SSSR count). The van der Waals surface area contributed by atoms with Gasteiger partial charge in [-0.3, -0.25) is 0 Å². The van der Waals surface area contributed by atoms with Gasteiger partial charge in [0.05, 0.1) is 5.41 Å². The van der Waals surface area contributed by atoms with E-state index in [1.54, 1.807) is 0 Å². The molecule has 0 saturated carbocycles. The van der Waals surface area contributed by atoms with Crippen molar-refractivity contribution in [2.24, 2.45) is 0 Å². The summed E-state index contributed by atoms with van der Waals surface area (Å²) in [6.45, 7) is 4.04. The molecule has 0 bridgehead atoms. The van der Waals surface area contributed by atoms with Crippen LogP contribution in [0.4, 0.5) is 34.1 Å². The summed E-state index contributed by atoms with van der Waals surface area (Å²) >= 11 is 0. The van der Waals surface area contributed by atoms with E-state index in [0.717, 1.165) is 58.1 Å². The molecule has 0 unspecified atom stereocenters. The summed E-state index contributed by atoms with van der Waals surface area (Å²) in [6, 6.07) is 93.1. The SMILES string of the molecule is C=C/C=C\C1=Cc2ccc(N(c3ccccc3)c3ccc(-c4ccc(N(c5ccccc5)c5ccc(C6=C(c7ccccc7-c7ccccc7)CCC=C6)cc5)cc4)cc3)cc2C12c1ccccc1-c1ccccc12. The summed E-state index contributed by atoms with van der Waals surface area (Å²) in [4.78, 5) is 4.74. The lowest BCUT2D eigenvalue weighted by molar-refractivity contribution is 0.786. The zero-order chi connectivity index (χ0) is 50.1. The van der Waals surface area contributed by atoms with Crippen molar-refractivity contribution >= 4 is 51.3 Å². The molecule has 0 amide bonds. The lowest BCUT2D eigenvalue weighted by Gasteiger charge is -2.33. The number of allylic oxidation sites excluding steroid dienone is 8. The monoisotopic (exact) mass is 958 g/mol. The van der Waals surface area contributed by atoms with Crippen LogP contribution >= 0.6 is 0 Å². The van der Waals surface area contributed by atoms with Crippen molar-refractivity contribution < 1.29 is 0 Å². The summed E-state index contributed by atoms with van der Waals surface area (Å²) in [5.74, 6) is 0. The van der Waals surface area contributed by atoms with Gasteiger partial charge in [0.2, 0.25) is 0 Å². The van der Waals surface area contributed by atoms with Gasteiger partial charge in [-0.1, -0.05) is 219 Å². The molecule has 0 saturated heterocycles. The van der Waals surface area contributed by atoms with Crippen molar-refractivity contribution in [3.63, 3.8) is 0 Å². The standard InChI is InChI=1S/C73H54N2/c1-2-3-23-57-50-56-42-49-63(51-72(56)73(57)70-34-19-17-32-68(70)69-33-18-20-35-71(69)73)75(59-26-11-6-12-27-59)62-45-38-53(39-46-62)52-36-43-60(44-37-52)74(58-24-9-5-10-25-58)61-47-40-55(41-48-61)65-29-14-16-31-67(65)66-30-15-13-28-64(66)54-21-7-4-8-22-54/h2-15,17-30,32-51H,1,16,31H2/b23-3-. The van der Waals surface area contributed by atoms with E-state index in [2.05, 4.69) is 302 Å². The first kappa shape index (κ1) is 45.4. The van der Waals surface area contributed by atoms with Crippen LogP contribution in [-0.2, 0) is 5.41 Å². The number of nitrogens with zero attached hydrogens (tertiary/aromatic N) is 2. The molecule has 3 aliphatic carbocycles. The molecule has 1 spiro atoms. The van der Waals surface area contributed by atoms with Crippen molar-refractivity contribution in [1.82, 2.24) is 0 Å². The Morgan fingerprint density at radius 1 is 0.387 bits per heavy atom. The molecule has 2 nitrogen and oxygen atoms in total. The first-order valence-electron chi connectivity index (χ1n) is 26.1. The van der Waals surface area contributed by atoms with Crippen LogP contribution in [0.2, 0.25) is 0 Å². The number of anilines is 6. The highest BCUT2D eigenvalue weighted by Crippen LogP contribution is 2.61. The smallest absolute Gasteiger partial charge is 0.0720 e.